The molecular weight excluding hydrogens is 128 g/mol. The summed E-state index contributed by atoms with van der Waals surface area (Å²) in [5.74, 6) is 3.44. The van der Waals surface area contributed by atoms with E-state index in [2.05, 4.69) is 26.2 Å². The third-order valence-electron chi connectivity index (χ3n) is 0.931. The summed E-state index contributed by atoms with van der Waals surface area (Å²) in [6, 6.07) is 0. The molecule has 1 radical (unpaired) electrons. The Morgan fingerprint density at radius 2 is 2.33 bits per heavy atom. The standard InChI is InChI=1S/C8H15S/c1-4-6-9-7-5-8(2)3/h6H,2,4-5,7H2,1,3H3. The molecule has 0 aromatic carbocycles. The highest BCUT2D eigenvalue weighted by Crippen LogP contribution is 2.11. The molecule has 0 aromatic heterocycles. The summed E-state index contributed by atoms with van der Waals surface area (Å²) in [6.07, 6.45) is 2.32. The minimum atomic E-state index is 1.15. The number of rotatable bonds is 5. The predicted molar refractivity (Wildman–Crippen MR) is 46.5 cm³/mol. The highest BCUT2D eigenvalue weighted by Gasteiger charge is 1.87. The van der Waals surface area contributed by atoms with Gasteiger partial charge in [-0.2, -0.15) is 11.8 Å². The Bertz CT molecular complexity index is 76.6. The van der Waals surface area contributed by atoms with Gasteiger partial charge in [-0.15, -0.1) is 6.58 Å². The Morgan fingerprint density at radius 3 is 2.78 bits per heavy atom. The zero-order valence-electron chi connectivity index (χ0n) is 6.31. The van der Waals surface area contributed by atoms with Crippen LogP contribution in [0, 0.1) is 5.75 Å². The van der Waals surface area contributed by atoms with E-state index in [0.717, 1.165) is 6.42 Å². The van der Waals surface area contributed by atoms with E-state index in [1.165, 1.54) is 17.7 Å². The Hall–Kier alpha value is 0.0900. The van der Waals surface area contributed by atoms with Crippen molar-refractivity contribution in [2.45, 2.75) is 26.7 Å². The molecule has 0 unspecified atom stereocenters. The van der Waals surface area contributed by atoms with Gasteiger partial charge in [-0.1, -0.05) is 12.5 Å². The van der Waals surface area contributed by atoms with E-state index in [1.54, 1.807) is 0 Å². The van der Waals surface area contributed by atoms with Crippen molar-refractivity contribution >= 4 is 11.8 Å². The maximum Gasteiger partial charge on any atom is 0.0163 e. The minimum Gasteiger partial charge on any atom is -0.157 e. The first-order valence-electron chi connectivity index (χ1n) is 3.35. The van der Waals surface area contributed by atoms with Crippen molar-refractivity contribution in [3.63, 3.8) is 0 Å². The summed E-state index contributed by atoms with van der Waals surface area (Å²) in [5.41, 5.74) is 1.28. The normalized spacial score (nSPS) is 9.56. The summed E-state index contributed by atoms with van der Waals surface area (Å²) < 4.78 is 0. The van der Waals surface area contributed by atoms with Crippen LogP contribution < -0.4 is 0 Å². The Kier molecular flexibility index (Phi) is 6.28. The first kappa shape index (κ1) is 9.09. The average Bonchev–Trinajstić information content (AvgIpc) is 1.80. The fourth-order valence-corrected chi connectivity index (χ4v) is 1.30. The van der Waals surface area contributed by atoms with E-state index in [9.17, 15) is 0 Å². The molecule has 0 fully saturated rings. The average molecular weight is 143 g/mol. The van der Waals surface area contributed by atoms with Gasteiger partial charge >= 0.3 is 0 Å². The molecule has 0 spiro atoms. The molecule has 0 saturated heterocycles. The van der Waals surface area contributed by atoms with Crippen LogP contribution in [0.4, 0.5) is 0 Å². The summed E-state index contributed by atoms with van der Waals surface area (Å²) in [6.45, 7) is 8.06. The predicted octanol–water partition coefficient (Wildman–Crippen LogP) is 3.26. The van der Waals surface area contributed by atoms with E-state index >= 15 is 0 Å². The fraction of sp³-hybridized carbons (Fsp3) is 0.625. The second-order valence-electron chi connectivity index (χ2n) is 2.15. The molecule has 53 valence electrons. The molecule has 9 heavy (non-hydrogen) atoms. The summed E-state index contributed by atoms with van der Waals surface area (Å²) in [7, 11) is 0. The lowest BCUT2D eigenvalue weighted by Gasteiger charge is -1.96. The smallest absolute Gasteiger partial charge is 0.0163 e. The van der Waals surface area contributed by atoms with Crippen molar-refractivity contribution in [2.75, 3.05) is 5.75 Å². The third kappa shape index (κ3) is 8.09. The Balaban J connectivity index is 2.83. The molecule has 0 rings (SSSR count). The van der Waals surface area contributed by atoms with Crippen molar-refractivity contribution in [1.82, 2.24) is 0 Å². The lowest BCUT2D eigenvalue weighted by Crippen LogP contribution is -1.78. The van der Waals surface area contributed by atoms with Crippen LogP contribution in [-0.2, 0) is 0 Å². The largest absolute Gasteiger partial charge is 0.157 e. The number of hydrogen-bond donors (Lipinski definition) is 0. The molecular formula is C8H15S. The van der Waals surface area contributed by atoms with Crippen LogP contribution in [0.5, 0.6) is 0 Å². The topological polar surface area (TPSA) is 0 Å². The maximum absolute atomic E-state index is 3.83. The van der Waals surface area contributed by atoms with E-state index in [1.807, 2.05) is 11.8 Å². The summed E-state index contributed by atoms with van der Waals surface area (Å²) >= 11 is 1.90. The number of allylic oxidation sites excluding steroid dienone is 1. The van der Waals surface area contributed by atoms with Crippen LogP contribution in [0.1, 0.15) is 26.7 Å². The zero-order chi connectivity index (χ0) is 7.11. The molecule has 0 aliphatic carbocycles. The van der Waals surface area contributed by atoms with E-state index in [0.29, 0.717) is 0 Å². The molecule has 0 bridgehead atoms. The summed E-state index contributed by atoms with van der Waals surface area (Å²) in [5, 5.41) is 0. The molecule has 0 nitrogen and oxygen atoms in total. The van der Waals surface area contributed by atoms with Crippen LogP contribution in [0.25, 0.3) is 0 Å². The number of thioether (sulfide) groups is 1. The van der Waals surface area contributed by atoms with Gasteiger partial charge in [-0.25, -0.2) is 0 Å². The second kappa shape index (κ2) is 6.21. The van der Waals surface area contributed by atoms with E-state index in [-0.39, 0.29) is 0 Å². The van der Waals surface area contributed by atoms with Gasteiger partial charge in [-0.05, 0) is 25.5 Å². The van der Waals surface area contributed by atoms with E-state index in [4.69, 9.17) is 0 Å². The van der Waals surface area contributed by atoms with Gasteiger partial charge in [0.1, 0.15) is 0 Å². The SMILES string of the molecule is C=C(C)CCS[CH]CC. The molecule has 0 amide bonds. The Morgan fingerprint density at radius 1 is 1.67 bits per heavy atom. The molecule has 0 heterocycles. The monoisotopic (exact) mass is 143 g/mol. The van der Waals surface area contributed by atoms with Gasteiger partial charge in [0.15, 0.2) is 0 Å². The maximum atomic E-state index is 3.83. The number of hydrogen-bond acceptors (Lipinski definition) is 1. The Labute approximate surface area is 62.7 Å². The first-order valence-corrected chi connectivity index (χ1v) is 4.40. The molecule has 0 aliphatic heterocycles. The molecule has 0 saturated carbocycles. The highest BCUT2D eigenvalue weighted by molar-refractivity contribution is 8.01. The lowest BCUT2D eigenvalue weighted by atomic mass is 10.3. The van der Waals surface area contributed by atoms with Crippen molar-refractivity contribution in [1.29, 1.82) is 0 Å². The van der Waals surface area contributed by atoms with Crippen LogP contribution in [0.15, 0.2) is 12.2 Å². The van der Waals surface area contributed by atoms with Crippen LogP contribution in [0.2, 0.25) is 0 Å². The first-order chi connectivity index (χ1) is 4.27. The highest BCUT2D eigenvalue weighted by atomic mass is 32.2. The van der Waals surface area contributed by atoms with Gasteiger partial charge in [0.05, 0.1) is 0 Å². The fourth-order valence-electron chi connectivity index (χ4n) is 0.434. The second-order valence-corrected chi connectivity index (χ2v) is 3.23. The molecule has 0 aliphatic rings. The summed E-state index contributed by atoms with van der Waals surface area (Å²) in [4.78, 5) is 0. The van der Waals surface area contributed by atoms with E-state index < -0.39 is 0 Å². The molecule has 1 heteroatoms. The van der Waals surface area contributed by atoms with Gasteiger partial charge < -0.3 is 0 Å². The van der Waals surface area contributed by atoms with Crippen LogP contribution in [-0.4, -0.2) is 5.75 Å². The molecule has 0 N–H and O–H groups in total. The minimum absolute atomic E-state index is 1.15. The molecule has 0 aromatic rings. The van der Waals surface area contributed by atoms with Crippen LogP contribution >= 0.6 is 11.8 Å². The van der Waals surface area contributed by atoms with Crippen molar-refractivity contribution in [3.05, 3.63) is 17.9 Å². The van der Waals surface area contributed by atoms with Gasteiger partial charge in [-0.3, -0.25) is 0 Å². The zero-order valence-corrected chi connectivity index (χ0v) is 7.13. The lowest BCUT2D eigenvalue weighted by molar-refractivity contribution is 1.12. The van der Waals surface area contributed by atoms with Crippen molar-refractivity contribution in [3.8, 4) is 0 Å². The quantitative estimate of drug-likeness (QED) is 0.420. The van der Waals surface area contributed by atoms with Crippen LogP contribution in [0.3, 0.4) is 0 Å². The van der Waals surface area contributed by atoms with Gasteiger partial charge in [0.25, 0.3) is 0 Å². The van der Waals surface area contributed by atoms with Gasteiger partial charge in [0, 0.05) is 5.75 Å². The third-order valence-corrected chi connectivity index (χ3v) is 1.94. The van der Waals surface area contributed by atoms with Crippen molar-refractivity contribution < 1.29 is 0 Å². The van der Waals surface area contributed by atoms with Crippen molar-refractivity contribution in [2.24, 2.45) is 0 Å². The van der Waals surface area contributed by atoms with Gasteiger partial charge in [0.2, 0.25) is 0 Å². The molecule has 0 atom stereocenters.